The zero-order valence-electron chi connectivity index (χ0n) is 10.3. The van der Waals surface area contributed by atoms with Crippen LogP contribution in [0.2, 0.25) is 0 Å². The molecule has 2 aromatic heterocycles. The lowest BCUT2D eigenvalue weighted by Gasteiger charge is -2.10. The van der Waals surface area contributed by atoms with Crippen LogP contribution >= 0.6 is 11.3 Å². The summed E-state index contributed by atoms with van der Waals surface area (Å²) in [5.41, 5.74) is 1.34. The molecule has 1 unspecified atom stereocenters. The first-order valence-corrected chi connectivity index (χ1v) is 6.57. The maximum absolute atomic E-state index is 11.7. The summed E-state index contributed by atoms with van der Waals surface area (Å²) < 4.78 is 5.34. The van der Waals surface area contributed by atoms with Crippen LogP contribution in [0.15, 0.2) is 27.3 Å². The van der Waals surface area contributed by atoms with Gasteiger partial charge in [0, 0.05) is 23.1 Å². The molecule has 0 aliphatic rings. The molecular formula is C13H15NO3S. The third-order valence-electron chi connectivity index (χ3n) is 2.68. The molecule has 0 spiro atoms. The molecule has 0 bridgehead atoms. The van der Waals surface area contributed by atoms with Crippen molar-refractivity contribution >= 4 is 17.2 Å². The van der Waals surface area contributed by atoms with Gasteiger partial charge in [0.15, 0.2) is 0 Å². The number of hydrogen-bond donors (Lipinski definition) is 2. The molecule has 1 amide bonds. The van der Waals surface area contributed by atoms with E-state index >= 15 is 0 Å². The molecule has 0 saturated heterocycles. The van der Waals surface area contributed by atoms with Gasteiger partial charge in [0.05, 0.1) is 6.10 Å². The molecule has 0 fully saturated rings. The van der Waals surface area contributed by atoms with Crippen LogP contribution < -0.4 is 5.32 Å². The zero-order chi connectivity index (χ0) is 13.1. The van der Waals surface area contributed by atoms with Crippen LogP contribution in [0, 0.1) is 13.8 Å². The molecule has 4 nitrogen and oxygen atoms in total. The summed E-state index contributed by atoms with van der Waals surface area (Å²) in [6, 6.07) is 3.54. The van der Waals surface area contributed by atoms with E-state index in [2.05, 4.69) is 5.32 Å². The number of carbonyl (C=O) groups excluding carboxylic acids is 1. The van der Waals surface area contributed by atoms with E-state index in [9.17, 15) is 9.90 Å². The van der Waals surface area contributed by atoms with Crippen LogP contribution in [-0.2, 0) is 0 Å². The van der Waals surface area contributed by atoms with E-state index in [0.717, 1.165) is 11.3 Å². The highest BCUT2D eigenvalue weighted by Gasteiger charge is 2.15. The van der Waals surface area contributed by atoms with E-state index in [-0.39, 0.29) is 12.5 Å². The van der Waals surface area contributed by atoms with Gasteiger partial charge in [0.1, 0.15) is 11.5 Å². The van der Waals surface area contributed by atoms with E-state index in [4.69, 9.17) is 4.42 Å². The van der Waals surface area contributed by atoms with Gasteiger partial charge in [-0.25, -0.2) is 0 Å². The first kappa shape index (κ1) is 12.9. The summed E-state index contributed by atoms with van der Waals surface area (Å²) in [5, 5.41) is 16.3. The molecule has 2 heterocycles. The third-order valence-corrected chi connectivity index (χ3v) is 3.36. The van der Waals surface area contributed by atoms with E-state index in [1.54, 1.807) is 24.4 Å². The topological polar surface area (TPSA) is 62.5 Å². The first-order valence-electron chi connectivity index (χ1n) is 5.63. The van der Waals surface area contributed by atoms with Gasteiger partial charge in [-0.1, -0.05) is 0 Å². The minimum absolute atomic E-state index is 0.173. The Hall–Kier alpha value is -1.59. The van der Waals surface area contributed by atoms with Crippen LogP contribution in [0.5, 0.6) is 0 Å². The molecule has 2 aromatic rings. The lowest BCUT2D eigenvalue weighted by Crippen LogP contribution is -2.28. The molecule has 18 heavy (non-hydrogen) atoms. The number of nitrogens with one attached hydrogen (secondary N) is 1. The Labute approximate surface area is 109 Å². The predicted octanol–water partition coefficient (Wildman–Crippen LogP) is 2.42. The molecule has 2 N–H and O–H groups in total. The molecule has 2 rings (SSSR count). The molecule has 0 aliphatic carbocycles. The van der Waals surface area contributed by atoms with Gasteiger partial charge in [-0.2, -0.15) is 11.3 Å². The average Bonchev–Trinajstić information content (AvgIpc) is 2.95. The van der Waals surface area contributed by atoms with Crippen molar-refractivity contribution in [1.82, 2.24) is 5.32 Å². The van der Waals surface area contributed by atoms with E-state index in [1.807, 2.05) is 12.3 Å². The van der Waals surface area contributed by atoms with E-state index < -0.39 is 6.10 Å². The van der Waals surface area contributed by atoms with Crippen molar-refractivity contribution in [3.8, 4) is 0 Å². The number of hydrogen-bond acceptors (Lipinski definition) is 4. The summed E-state index contributed by atoms with van der Waals surface area (Å²) in [4.78, 5) is 11.7. The Bertz CT molecular complexity index is 530. The number of rotatable bonds is 4. The van der Waals surface area contributed by atoms with Gasteiger partial charge in [-0.05, 0) is 31.4 Å². The maximum Gasteiger partial charge on any atom is 0.252 e. The highest BCUT2D eigenvalue weighted by Crippen LogP contribution is 2.21. The molecule has 5 heteroatoms. The van der Waals surface area contributed by atoms with Gasteiger partial charge < -0.3 is 14.8 Å². The van der Waals surface area contributed by atoms with Gasteiger partial charge in [0.25, 0.3) is 5.91 Å². The standard InChI is InChI=1S/C13H15NO3S/c1-8-5-11(9(2)17-8)12(15)6-14-13(16)10-3-4-18-7-10/h3-5,7,12,15H,6H2,1-2H3,(H,14,16). The second-order valence-electron chi connectivity index (χ2n) is 4.11. The number of aryl methyl sites for hydroxylation is 2. The van der Waals surface area contributed by atoms with Crippen molar-refractivity contribution in [3.63, 3.8) is 0 Å². The zero-order valence-corrected chi connectivity index (χ0v) is 11.1. The third kappa shape index (κ3) is 2.80. The van der Waals surface area contributed by atoms with Crippen molar-refractivity contribution in [2.45, 2.75) is 20.0 Å². The average molecular weight is 265 g/mol. The predicted molar refractivity (Wildman–Crippen MR) is 69.8 cm³/mol. The van der Waals surface area contributed by atoms with Crippen LogP contribution in [0.25, 0.3) is 0 Å². The van der Waals surface area contributed by atoms with Crippen molar-refractivity contribution in [2.75, 3.05) is 6.54 Å². The summed E-state index contributed by atoms with van der Waals surface area (Å²) in [5.74, 6) is 1.27. The minimum Gasteiger partial charge on any atom is -0.466 e. The maximum atomic E-state index is 11.7. The van der Waals surface area contributed by atoms with Crippen molar-refractivity contribution < 1.29 is 14.3 Å². The number of aliphatic hydroxyl groups is 1. The number of furan rings is 1. The number of aliphatic hydroxyl groups excluding tert-OH is 1. The van der Waals surface area contributed by atoms with Crippen LogP contribution in [-0.4, -0.2) is 17.6 Å². The Morgan fingerprint density at radius 1 is 1.56 bits per heavy atom. The van der Waals surface area contributed by atoms with Crippen LogP contribution in [0.3, 0.4) is 0 Å². The van der Waals surface area contributed by atoms with Gasteiger partial charge in [-0.15, -0.1) is 0 Å². The highest BCUT2D eigenvalue weighted by molar-refractivity contribution is 7.08. The van der Waals surface area contributed by atoms with Crippen molar-refractivity contribution in [2.24, 2.45) is 0 Å². The van der Waals surface area contributed by atoms with E-state index in [1.165, 1.54) is 11.3 Å². The smallest absolute Gasteiger partial charge is 0.252 e. The van der Waals surface area contributed by atoms with Crippen molar-refractivity contribution in [1.29, 1.82) is 0 Å². The van der Waals surface area contributed by atoms with Gasteiger partial charge in [0.2, 0.25) is 0 Å². The normalized spacial score (nSPS) is 12.4. The molecule has 0 radical (unpaired) electrons. The molecule has 0 aromatic carbocycles. The Morgan fingerprint density at radius 3 is 2.89 bits per heavy atom. The lowest BCUT2D eigenvalue weighted by molar-refractivity contribution is 0.0916. The summed E-state index contributed by atoms with van der Waals surface area (Å²) in [6.45, 7) is 3.80. The fourth-order valence-electron chi connectivity index (χ4n) is 1.78. The summed E-state index contributed by atoms with van der Waals surface area (Å²) in [7, 11) is 0. The van der Waals surface area contributed by atoms with Crippen LogP contribution in [0.1, 0.15) is 33.5 Å². The Morgan fingerprint density at radius 2 is 2.33 bits per heavy atom. The van der Waals surface area contributed by atoms with Crippen LogP contribution in [0.4, 0.5) is 0 Å². The molecule has 96 valence electrons. The molecular weight excluding hydrogens is 250 g/mol. The SMILES string of the molecule is Cc1cc(C(O)CNC(=O)c2ccsc2)c(C)o1. The summed E-state index contributed by atoms with van der Waals surface area (Å²) in [6.07, 6.45) is -0.745. The number of carbonyl (C=O) groups is 1. The summed E-state index contributed by atoms with van der Waals surface area (Å²) >= 11 is 1.47. The van der Waals surface area contributed by atoms with Gasteiger partial charge >= 0.3 is 0 Å². The second-order valence-corrected chi connectivity index (χ2v) is 4.89. The number of thiophene rings is 1. The fourth-order valence-corrected chi connectivity index (χ4v) is 2.41. The highest BCUT2D eigenvalue weighted by atomic mass is 32.1. The molecule has 0 saturated carbocycles. The fraction of sp³-hybridized carbons (Fsp3) is 0.308. The second kappa shape index (κ2) is 5.37. The van der Waals surface area contributed by atoms with Gasteiger partial charge in [-0.3, -0.25) is 4.79 Å². The largest absolute Gasteiger partial charge is 0.466 e. The monoisotopic (exact) mass is 265 g/mol. The molecule has 1 atom stereocenters. The lowest BCUT2D eigenvalue weighted by atomic mass is 10.1. The quantitative estimate of drug-likeness (QED) is 0.892. The minimum atomic E-state index is -0.745. The van der Waals surface area contributed by atoms with Crippen molar-refractivity contribution in [3.05, 3.63) is 45.5 Å². The molecule has 0 aliphatic heterocycles. The first-order chi connectivity index (χ1) is 8.58. The van der Waals surface area contributed by atoms with E-state index in [0.29, 0.717) is 11.3 Å². The Kier molecular flexibility index (Phi) is 3.84. The Balaban J connectivity index is 1.94. The number of amides is 1.